The fourth-order valence-electron chi connectivity index (χ4n) is 4.38. The molecule has 2 aromatic heterocycles. The molecule has 2 aliphatic rings. The Bertz CT molecular complexity index is 1190. The number of carbonyl (C=O) groups is 1. The maximum absolute atomic E-state index is 11.7. The molecule has 3 aromatic rings. The number of benzene rings is 1. The van der Waals surface area contributed by atoms with Gasteiger partial charge in [-0.2, -0.15) is 0 Å². The Balaban J connectivity index is 1.27. The molecule has 7 nitrogen and oxygen atoms in total. The minimum Gasteiger partial charge on any atom is -0.465 e. The molecule has 0 spiro atoms. The lowest BCUT2D eigenvalue weighted by Crippen LogP contribution is -2.31. The van der Waals surface area contributed by atoms with Crippen LogP contribution in [0.3, 0.4) is 0 Å². The Labute approximate surface area is 193 Å². The van der Waals surface area contributed by atoms with Crippen molar-refractivity contribution in [2.75, 3.05) is 20.2 Å². The van der Waals surface area contributed by atoms with E-state index >= 15 is 0 Å². The molecule has 168 valence electrons. The summed E-state index contributed by atoms with van der Waals surface area (Å²) in [4.78, 5) is 33.0. The lowest BCUT2D eigenvalue weighted by molar-refractivity contribution is 0.0600. The normalized spacial score (nSPS) is 16.1. The molecule has 0 saturated carbocycles. The van der Waals surface area contributed by atoms with E-state index in [0.717, 1.165) is 79.6 Å². The number of methoxy groups -OCH3 is 1. The van der Waals surface area contributed by atoms with E-state index in [0.29, 0.717) is 5.56 Å². The lowest BCUT2D eigenvalue weighted by Gasteiger charge is -2.28. The molecule has 0 unspecified atom stereocenters. The number of aromatic nitrogens is 3. The zero-order chi connectivity index (χ0) is 22.6. The quantitative estimate of drug-likeness (QED) is 0.560. The summed E-state index contributed by atoms with van der Waals surface area (Å²) >= 11 is 0. The van der Waals surface area contributed by atoms with Crippen molar-refractivity contribution in [3.63, 3.8) is 0 Å². The zero-order valence-corrected chi connectivity index (χ0v) is 18.8. The van der Waals surface area contributed by atoms with Crippen molar-refractivity contribution >= 4 is 11.7 Å². The van der Waals surface area contributed by atoms with Crippen LogP contribution in [0.25, 0.3) is 11.3 Å². The second-order valence-electron chi connectivity index (χ2n) is 8.49. The molecule has 0 aliphatic carbocycles. The number of pyridine rings is 1. The highest BCUT2D eigenvalue weighted by atomic mass is 16.5. The monoisotopic (exact) mass is 441 g/mol. The lowest BCUT2D eigenvalue weighted by atomic mass is 10.0. The first kappa shape index (κ1) is 21.4. The number of esters is 1. The second kappa shape index (κ2) is 9.58. The topological polar surface area (TPSA) is 80.6 Å². The van der Waals surface area contributed by atoms with Gasteiger partial charge in [-0.05, 0) is 43.5 Å². The van der Waals surface area contributed by atoms with E-state index in [1.165, 1.54) is 19.1 Å². The number of hydrogen-bond donors (Lipinski definition) is 0. The number of nitrogens with zero attached hydrogens (tertiary/aromatic N) is 5. The van der Waals surface area contributed by atoms with Gasteiger partial charge in [-0.15, -0.1) is 0 Å². The molecule has 0 fully saturated rings. The molecule has 0 radical (unpaired) electrons. The van der Waals surface area contributed by atoms with Gasteiger partial charge in [0, 0.05) is 49.9 Å². The number of hydrogen-bond acceptors (Lipinski definition) is 7. The first-order valence-electron chi connectivity index (χ1n) is 11.4. The van der Waals surface area contributed by atoms with Crippen LogP contribution in [0.1, 0.15) is 52.4 Å². The van der Waals surface area contributed by atoms with E-state index in [1.807, 2.05) is 30.5 Å². The standard InChI is InChI=1S/C26H27N5O2/c1-33-26(32)19-10-8-18(9-11-19)22-7-4-5-21(29-22)17-31-14-12-23-20(16-31)15-28-25(30-23)24-6-2-3-13-27-24/h4-5,7-11,15H,2-3,6,12-14,16-17H2,1H3. The van der Waals surface area contributed by atoms with Gasteiger partial charge >= 0.3 is 5.97 Å². The van der Waals surface area contributed by atoms with Crippen molar-refractivity contribution in [1.29, 1.82) is 0 Å². The van der Waals surface area contributed by atoms with Gasteiger partial charge in [0.05, 0.1) is 35.5 Å². The van der Waals surface area contributed by atoms with Gasteiger partial charge in [0.2, 0.25) is 0 Å². The largest absolute Gasteiger partial charge is 0.465 e. The fourth-order valence-corrected chi connectivity index (χ4v) is 4.38. The Morgan fingerprint density at radius 1 is 1.06 bits per heavy atom. The first-order chi connectivity index (χ1) is 16.2. The van der Waals surface area contributed by atoms with Gasteiger partial charge in [0.1, 0.15) is 0 Å². The summed E-state index contributed by atoms with van der Waals surface area (Å²) in [7, 11) is 1.39. The summed E-state index contributed by atoms with van der Waals surface area (Å²) in [5.41, 5.74) is 6.81. The molecule has 0 atom stereocenters. The summed E-state index contributed by atoms with van der Waals surface area (Å²) in [5, 5.41) is 0. The number of ether oxygens (including phenoxy) is 1. The molecule has 5 rings (SSSR count). The average Bonchev–Trinajstić information content (AvgIpc) is 2.88. The minimum absolute atomic E-state index is 0.337. The molecule has 33 heavy (non-hydrogen) atoms. The average molecular weight is 442 g/mol. The second-order valence-corrected chi connectivity index (χ2v) is 8.49. The number of rotatable bonds is 5. The number of aliphatic imine (C=N–C) groups is 1. The van der Waals surface area contributed by atoms with Crippen molar-refractivity contribution < 1.29 is 9.53 Å². The van der Waals surface area contributed by atoms with Crippen LogP contribution in [0.2, 0.25) is 0 Å². The SMILES string of the molecule is COC(=O)c1ccc(-c2cccc(CN3CCc4nc(C5=NCCCC5)ncc4C3)n2)cc1. The van der Waals surface area contributed by atoms with E-state index in [9.17, 15) is 4.79 Å². The number of fused-ring (bicyclic) bond motifs is 1. The minimum atomic E-state index is -0.337. The maximum Gasteiger partial charge on any atom is 0.337 e. The van der Waals surface area contributed by atoms with Crippen LogP contribution in [-0.4, -0.2) is 51.7 Å². The third-order valence-corrected chi connectivity index (χ3v) is 6.19. The van der Waals surface area contributed by atoms with Crippen LogP contribution < -0.4 is 0 Å². The molecule has 0 amide bonds. The molecule has 4 heterocycles. The summed E-state index contributed by atoms with van der Waals surface area (Å²) in [6.45, 7) is 3.42. The van der Waals surface area contributed by atoms with E-state index < -0.39 is 0 Å². The summed E-state index contributed by atoms with van der Waals surface area (Å²) in [6.07, 6.45) is 6.21. The molecule has 0 bridgehead atoms. The third-order valence-electron chi connectivity index (χ3n) is 6.19. The van der Waals surface area contributed by atoms with Crippen molar-refractivity contribution in [3.8, 4) is 11.3 Å². The van der Waals surface area contributed by atoms with Gasteiger partial charge in [-0.3, -0.25) is 14.9 Å². The Hall–Kier alpha value is -3.45. The van der Waals surface area contributed by atoms with Crippen molar-refractivity contribution in [1.82, 2.24) is 19.9 Å². The summed E-state index contributed by atoms with van der Waals surface area (Å²) in [5.74, 6) is 0.478. The van der Waals surface area contributed by atoms with Crippen LogP contribution in [0.15, 0.2) is 53.7 Å². The third kappa shape index (κ3) is 4.83. The molecular weight excluding hydrogens is 414 g/mol. The van der Waals surface area contributed by atoms with E-state index in [-0.39, 0.29) is 5.97 Å². The maximum atomic E-state index is 11.7. The van der Waals surface area contributed by atoms with Crippen LogP contribution in [0, 0.1) is 0 Å². The van der Waals surface area contributed by atoms with E-state index in [4.69, 9.17) is 14.7 Å². The highest BCUT2D eigenvalue weighted by Crippen LogP contribution is 2.22. The van der Waals surface area contributed by atoms with Crippen molar-refractivity contribution in [2.24, 2.45) is 4.99 Å². The molecule has 1 aromatic carbocycles. The van der Waals surface area contributed by atoms with Crippen molar-refractivity contribution in [3.05, 3.63) is 77.0 Å². The van der Waals surface area contributed by atoms with Crippen LogP contribution in [-0.2, 0) is 24.2 Å². The van der Waals surface area contributed by atoms with E-state index in [2.05, 4.69) is 20.9 Å². The van der Waals surface area contributed by atoms with Crippen LogP contribution in [0.4, 0.5) is 0 Å². The highest BCUT2D eigenvalue weighted by Gasteiger charge is 2.21. The molecule has 0 saturated heterocycles. The fraction of sp³-hybridized carbons (Fsp3) is 0.346. The summed E-state index contributed by atoms with van der Waals surface area (Å²) < 4.78 is 4.77. The predicted octanol–water partition coefficient (Wildman–Crippen LogP) is 3.86. The predicted molar refractivity (Wildman–Crippen MR) is 126 cm³/mol. The smallest absolute Gasteiger partial charge is 0.337 e. The van der Waals surface area contributed by atoms with Crippen molar-refractivity contribution in [2.45, 2.75) is 38.8 Å². The molecule has 0 N–H and O–H groups in total. The molecule has 7 heteroatoms. The Morgan fingerprint density at radius 3 is 2.73 bits per heavy atom. The zero-order valence-electron chi connectivity index (χ0n) is 18.8. The van der Waals surface area contributed by atoms with Crippen LogP contribution in [0.5, 0.6) is 0 Å². The van der Waals surface area contributed by atoms with Gasteiger partial charge in [0.25, 0.3) is 0 Å². The summed E-state index contributed by atoms with van der Waals surface area (Å²) in [6, 6.07) is 13.4. The first-order valence-corrected chi connectivity index (χ1v) is 11.4. The Morgan fingerprint density at radius 2 is 1.94 bits per heavy atom. The van der Waals surface area contributed by atoms with Gasteiger partial charge in [-0.25, -0.2) is 14.8 Å². The molecular formula is C26H27N5O2. The van der Waals surface area contributed by atoms with Gasteiger partial charge in [0.15, 0.2) is 5.82 Å². The molecule has 2 aliphatic heterocycles. The van der Waals surface area contributed by atoms with Gasteiger partial charge < -0.3 is 4.74 Å². The van der Waals surface area contributed by atoms with E-state index in [1.54, 1.807) is 12.1 Å². The highest BCUT2D eigenvalue weighted by molar-refractivity contribution is 5.97. The number of carbonyl (C=O) groups excluding carboxylic acids is 1. The Kier molecular flexibility index (Phi) is 6.21. The van der Waals surface area contributed by atoms with Crippen LogP contribution >= 0.6 is 0 Å². The van der Waals surface area contributed by atoms with Gasteiger partial charge in [-0.1, -0.05) is 18.2 Å².